The van der Waals surface area contributed by atoms with Crippen LogP contribution >= 0.6 is 12.4 Å². The fourth-order valence-corrected chi connectivity index (χ4v) is 2.20. The Morgan fingerprint density at radius 1 is 1.08 bits per heavy atom. The summed E-state index contributed by atoms with van der Waals surface area (Å²) in [5, 5.41) is 0. The lowest BCUT2D eigenvalue weighted by Crippen LogP contribution is -2.23. The Bertz CT molecular complexity index is 656. The normalized spacial score (nSPS) is 10.5. The molecule has 134 valence electrons. The molecule has 0 amide bonds. The average Bonchev–Trinajstić information content (AvgIpc) is 2.61. The van der Waals surface area contributed by atoms with E-state index in [2.05, 4.69) is 17.0 Å². The molecule has 4 nitrogen and oxygen atoms in total. The number of nitrogens with zero attached hydrogens (tertiary/aromatic N) is 1. The van der Waals surface area contributed by atoms with Gasteiger partial charge in [0.25, 0.3) is 0 Å². The predicted octanol–water partition coefficient (Wildman–Crippen LogP) is 3.81. The van der Waals surface area contributed by atoms with Crippen LogP contribution in [0.25, 0.3) is 6.08 Å². The number of carbonyl (C=O) groups is 1. The fraction of sp³-hybridized carbons (Fsp3) is 0.250. The number of hydrogen-bond donors (Lipinski definition) is 0. The molecule has 5 heteroatoms. The summed E-state index contributed by atoms with van der Waals surface area (Å²) in [4.78, 5) is 13.8. The van der Waals surface area contributed by atoms with Gasteiger partial charge in [-0.1, -0.05) is 42.5 Å². The van der Waals surface area contributed by atoms with E-state index in [0.29, 0.717) is 13.2 Å². The average molecular weight is 362 g/mol. The zero-order valence-corrected chi connectivity index (χ0v) is 15.4. The Labute approximate surface area is 155 Å². The van der Waals surface area contributed by atoms with Gasteiger partial charge in [-0.25, -0.2) is 4.79 Å². The van der Waals surface area contributed by atoms with Crippen molar-refractivity contribution in [1.29, 1.82) is 0 Å². The number of benzene rings is 2. The number of halogens is 1. The van der Waals surface area contributed by atoms with Gasteiger partial charge in [0.2, 0.25) is 0 Å². The molecule has 2 aromatic carbocycles. The Kier molecular flexibility index (Phi) is 9.37. The van der Waals surface area contributed by atoms with E-state index < -0.39 is 0 Å². The minimum atomic E-state index is -0.334. The van der Waals surface area contributed by atoms with E-state index in [4.69, 9.17) is 9.47 Å². The first-order chi connectivity index (χ1) is 11.7. The minimum Gasteiger partial charge on any atom is -0.497 e. The van der Waals surface area contributed by atoms with Crippen LogP contribution in [0.1, 0.15) is 11.1 Å². The zero-order chi connectivity index (χ0) is 17.2. The highest BCUT2D eigenvalue weighted by Crippen LogP contribution is 2.12. The zero-order valence-electron chi connectivity index (χ0n) is 14.6. The molecule has 2 aromatic rings. The highest BCUT2D eigenvalue weighted by atomic mass is 35.5. The summed E-state index contributed by atoms with van der Waals surface area (Å²) in [5.74, 6) is 0.454. The van der Waals surface area contributed by atoms with Crippen molar-refractivity contribution in [2.24, 2.45) is 0 Å². The van der Waals surface area contributed by atoms with Crippen LogP contribution in [0.5, 0.6) is 5.75 Å². The van der Waals surface area contributed by atoms with Crippen molar-refractivity contribution in [3.05, 3.63) is 71.8 Å². The highest BCUT2D eigenvalue weighted by Gasteiger charge is 2.02. The second-order valence-corrected chi connectivity index (χ2v) is 5.50. The lowest BCUT2D eigenvalue weighted by molar-refractivity contribution is -0.138. The van der Waals surface area contributed by atoms with Crippen LogP contribution in [0.15, 0.2) is 60.7 Å². The lowest BCUT2D eigenvalue weighted by atomic mass is 10.2. The smallest absolute Gasteiger partial charge is 0.330 e. The maximum atomic E-state index is 11.7. The van der Waals surface area contributed by atoms with Gasteiger partial charge in [0.05, 0.1) is 7.11 Å². The highest BCUT2D eigenvalue weighted by molar-refractivity contribution is 5.87. The van der Waals surface area contributed by atoms with E-state index in [0.717, 1.165) is 17.9 Å². The molecule has 0 N–H and O–H groups in total. The summed E-state index contributed by atoms with van der Waals surface area (Å²) >= 11 is 0. The number of carbonyl (C=O) groups excluding carboxylic acids is 1. The van der Waals surface area contributed by atoms with Crippen molar-refractivity contribution >= 4 is 24.5 Å². The summed E-state index contributed by atoms with van der Waals surface area (Å²) in [6.07, 6.45) is 3.18. The maximum Gasteiger partial charge on any atom is 0.330 e. The molecule has 0 radical (unpaired) electrons. The first-order valence-corrected chi connectivity index (χ1v) is 7.89. The number of ether oxygens (including phenoxy) is 2. The number of rotatable bonds is 8. The third-order valence-corrected chi connectivity index (χ3v) is 3.54. The van der Waals surface area contributed by atoms with Gasteiger partial charge in [-0.2, -0.15) is 0 Å². The Balaban J connectivity index is 0.00000312. The van der Waals surface area contributed by atoms with E-state index in [9.17, 15) is 4.79 Å². The number of hydrogen-bond acceptors (Lipinski definition) is 4. The van der Waals surface area contributed by atoms with Crippen LogP contribution in [0.2, 0.25) is 0 Å². The number of esters is 1. The van der Waals surface area contributed by atoms with Crippen LogP contribution in [0.3, 0.4) is 0 Å². The van der Waals surface area contributed by atoms with Gasteiger partial charge in [0.1, 0.15) is 12.4 Å². The van der Waals surface area contributed by atoms with Crippen LogP contribution in [-0.2, 0) is 16.1 Å². The summed E-state index contributed by atoms with van der Waals surface area (Å²) in [7, 11) is 3.63. The molecule has 0 spiro atoms. The van der Waals surface area contributed by atoms with Gasteiger partial charge in [-0.15, -0.1) is 12.4 Å². The molecular formula is C20H24ClNO3. The first kappa shape index (κ1) is 20.7. The Morgan fingerprint density at radius 2 is 1.76 bits per heavy atom. The van der Waals surface area contributed by atoms with Crippen LogP contribution < -0.4 is 4.74 Å². The number of methoxy groups -OCH3 is 1. The van der Waals surface area contributed by atoms with E-state index in [1.165, 1.54) is 11.6 Å². The van der Waals surface area contributed by atoms with Gasteiger partial charge < -0.3 is 9.47 Å². The molecule has 25 heavy (non-hydrogen) atoms. The molecule has 0 heterocycles. The quantitative estimate of drug-likeness (QED) is 0.529. The molecule has 0 fully saturated rings. The summed E-state index contributed by atoms with van der Waals surface area (Å²) in [5.41, 5.74) is 2.17. The van der Waals surface area contributed by atoms with Crippen LogP contribution in [0, 0.1) is 0 Å². The van der Waals surface area contributed by atoms with Crippen molar-refractivity contribution in [2.75, 3.05) is 27.3 Å². The molecule has 0 saturated carbocycles. The SMILES string of the molecule is COc1ccc(C=CC(=O)OCCN(C)Cc2ccccc2)cc1.Cl. The molecule has 0 aliphatic rings. The van der Waals surface area contributed by atoms with Crippen molar-refractivity contribution in [1.82, 2.24) is 4.90 Å². The molecule has 0 unspecified atom stereocenters. The van der Waals surface area contributed by atoms with Gasteiger partial charge in [-0.05, 0) is 36.4 Å². The largest absolute Gasteiger partial charge is 0.497 e. The van der Waals surface area contributed by atoms with Crippen molar-refractivity contribution in [2.45, 2.75) is 6.54 Å². The summed E-state index contributed by atoms with van der Waals surface area (Å²) in [6.45, 7) is 1.90. The van der Waals surface area contributed by atoms with Gasteiger partial charge >= 0.3 is 5.97 Å². The fourth-order valence-electron chi connectivity index (χ4n) is 2.20. The second kappa shape index (κ2) is 11.3. The van der Waals surface area contributed by atoms with Crippen molar-refractivity contribution < 1.29 is 14.3 Å². The molecule has 0 saturated heterocycles. The van der Waals surface area contributed by atoms with Gasteiger partial charge in [0, 0.05) is 19.2 Å². The monoisotopic (exact) mass is 361 g/mol. The van der Waals surface area contributed by atoms with Crippen molar-refractivity contribution in [3.63, 3.8) is 0 Å². The third-order valence-electron chi connectivity index (χ3n) is 3.54. The van der Waals surface area contributed by atoms with Crippen molar-refractivity contribution in [3.8, 4) is 5.75 Å². The maximum absolute atomic E-state index is 11.7. The second-order valence-electron chi connectivity index (χ2n) is 5.50. The van der Waals surface area contributed by atoms with Crippen LogP contribution in [-0.4, -0.2) is 38.2 Å². The molecular weight excluding hydrogens is 338 g/mol. The van der Waals surface area contributed by atoms with E-state index >= 15 is 0 Å². The summed E-state index contributed by atoms with van der Waals surface area (Å²) < 4.78 is 10.3. The van der Waals surface area contributed by atoms with E-state index in [-0.39, 0.29) is 18.4 Å². The first-order valence-electron chi connectivity index (χ1n) is 7.89. The molecule has 0 atom stereocenters. The Hall–Kier alpha value is -2.30. The van der Waals surface area contributed by atoms with Gasteiger partial charge in [-0.3, -0.25) is 4.90 Å². The molecule has 0 aliphatic heterocycles. The lowest BCUT2D eigenvalue weighted by Gasteiger charge is -2.16. The van der Waals surface area contributed by atoms with Crippen LogP contribution in [0.4, 0.5) is 0 Å². The predicted molar refractivity (Wildman–Crippen MR) is 103 cm³/mol. The standard InChI is InChI=1S/C20H23NO3.ClH/c1-21(16-18-6-4-3-5-7-18)14-15-24-20(22)13-10-17-8-11-19(23-2)12-9-17;/h3-13H,14-16H2,1-2H3;1H. The third kappa shape index (κ3) is 7.88. The minimum absolute atomic E-state index is 0. The summed E-state index contributed by atoms with van der Waals surface area (Å²) in [6, 6.07) is 17.7. The molecule has 0 bridgehead atoms. The Morgan fingerprint density at radius 3 is 2.40 bits per heavy atom. The van der Waals surface area contributed by atoms with E-state index in [1.54, 1.807) is 13.2 Å². The topological polar surface area (TPSA) is 38.8 Å². The van der Waals surface area contributed by atoms with E-state index in [1.807, 2.05) is 49.5 Å². The molecule has 0 aromatic heterocycles. The molecule has 0 aliphatic carbocycles. The molecule has 2 rings (SSSR count). The number of likely N-dealkylation sites (N-methyl/N-ethyl adjacent to an activating group) is 1. The van der Waals surface area contributed by atoms with Gasteiger partial charge in [0.15, 0.2) is 0 Å².